The molecule has 136 valence electrons. The summed E-state index contributed by atoms with van der Waals surface area (Å²) < 4.78 is 19.1. The summed E-state index contributed by atoms with van der Waals surface area (Å²) in [6.45, 7) is 3.01. The number of nitrogens with zero attached hydrogens (tertiary/aromatic N) is 1. The van der Waals surface area contributed by atoms with Crippen molar-refractivity contribution >= 4 is 11.6 Å². The van der Waals surface area contributed by atoms with E-state index in [1.807, 2.05) is 24.3 Å². The van der Waals surface area contributed by atoms with Crippen molar-refractivity contribution in [2.24, 2.45) is 0 Å². The van der Waals surface area contributed by atoms with Crippen molar-refractivity contribution in [1.82, 2.24) is 4.90 Å². The lowest BCUT2D eigenvalue weighted by Gasteiger charge is -2.22. The molecule has 0 unspecified atom stereocenters. The quantitative estimate of drug-likeness (QED) is 0.648. The molecule has 2 aromatic rings. The number of halogens is 2. The molecule has 0 saturated carbocycles. The lowest BCUT2D eigenvalue weighted by molar-refractivity contribution is 0.185. The van der Waals surface area contributed by atoms with E-state index < -0.39 is 0 Å². The van der Waals surface area contributed by atoms with Crippen molar-refractivity contribution in [3.05, 3.63) is 64.9 Å². The van der Waals surface area contributed by atoms with E-state index in [-0.39, 0.29) is 18.2 Å². The SMILES string of the molecule is OCCCN(CCCc1ccc(Cl)cc1)CCOc1ccccc1F. The van der Waals surface area contributed by atoms with Gasteiger partial charge in [0.25, 0.3) is 0 Å². The van der Waals surface area contributed by atoms with Gasteiger partial charge in [0.2, 0.25) is 0 Å². The zero-order chi connectivity index (χ0) is 17.9. The molecule has 1 N–H and O–H groups in total. The molecule has 3 nitrogen and oxygen atoms in total. The van der Waals surface area contributed by atoms with Gasteiger partial charge in [-0.25, -0.2) is 4.39 Å². The first-order chi connectivity index (χ1) is 12.2. The highest BCUT2D eigenvalue weighted by Gasteiger charge is 2.07. The van der Waals surface area contributed by atoms with E-state index >= 15 is 0 Å². The largest absolute Gasteiger partial charge is 0.489 e. The smallest absolute Gasteiger partial charge is 0.165 e. The van der Waals surface area contributed by atoms with Crippen LogP contribution >= 0.6 is 11.6 Å². The summed E-state index contributed by atoms with van der Waals surface area (Å²) in [5.74, 6) is -0.0575. The maximum atomic E-state index is 13.6. The fourth-order valence-electron chi connectivity index (χ4n) is 2.63. The van der Waals surface area contributed by atoms with Crippen LogP contribution < -0.4 is 4.74 Å². The average molecular weight is 366 g/mol. The van der Waals surface area contributed by atoms with Crippen molar-refractivity contribution in [2.75, 3.05) is 32.8 Å². The highest BCUT2D eigenvalue weighted by Crippen LogP contribution is 2.15. The van der Waals surface area contributed by atoms with Crippen LogP contribution in [0.15, 0.2) is 48.5 Å². The molecule has 0 bridgehead atoms. The van der Waals surface area contributed by atoms with E-state index in [0.29, 0.717) is 13.2 Å². The Balaban J connectivity index is 1.75. The molecule has 0 amide bonds. The molecule has 25 heavy (non-hydrogen) atoms. The van der Waals surface area contributed by atoms with Gasteiger partial charge in [0.1, 0.15) is 6.61 Å². The lowest BCUT2D eigenvalue weighted by Crippen LogP contribution is -2.31. The van der Waals surface area contributed by atoms with Crippen LogP contribution in [0.25, 0.3) is 0 Å². The summed E-state index contributed by atoms with van der Waals surface area (Å²) >= 11 is 5.90. The number of hydrogen-bond donors (Lipinski definition) is 1. The number of para-hydroxylation sites is 1. The molecule has 0 spiro atoms. The monoisotopic (exact) mass is 365 g/mol. The average Bonchev–Trinajstić information content (AvgIpc) is 2.62. The number of benzene rings is 2. The van der Waals surface area contributed by atoms with E-state index in [1.54, 1.807) is 18.2 Å². The van der Waals surface area contributed by atoms with Crippen LogP contribution in [0.3, 0.4) is 0 Å². The maximum absolute atomic E-state index is 13.6. The molecule has 0 radical (unpaired) electrons. The van der Waals surface area contributed by atoms with Crippen LogP contribution in [0.4, 0.5) is 4.39 Å². The van der Waals surface area contributed by atoms with Gasteiger partial charge in [-0.2, -0.15) is 0 Å². The van der Waals surface area contributed by atoms with Gasteiger partial charge in [-0.15, -0.1) is 0 Å². The fraction of sp³-hybridized carbons (Fsp3) is 0.400. The Hall–Kier alpha value is -1.62. The van der Waals surface area contributed by atoms with Gasteiger partial charge in [0, 0.05) is 24.7 Å². The highest BCUT2D eigenvalue weighted by atomic mass is 35.5. The Morgan fingerprint density at radius 1 is 0.960 bits per heavy atom. The molecule has 0 heterocycles. The Morgan fingerprint density at radius 2 is 1.68 bits per heavy atom. The van der Waals surface area contributed by atoms with E-state index in [2.05, 4.69) is 4.90 Å². The second-order valence-electron chi connectivity index (χ2n) is 5.93. The molecule has 0 atom stereocenters. The minimum atomic E-state index is -0.341. The van der Waals surface area contributed by atoms with Crippen molar-refractivity contribution in [3.8, 4) is 5.75 Å². The number of ether oxygens (including phenoxy) is 1. The predicted molar refractivity (Wildman–Crippen MR) is 99.8 cm³/mol. The Kier molecular flexibility index (Phi) is 8.73. The van der Waals surface area contributed by atoms with E-state index in [1.165, 1.54) is 11.6 Å². The molecule has 0 aliphatic heterocycles. The van der Waals surface area contributed by atoms with Gasteiger partial charge in [-0.05, 0) is 55.6 Å². The minimum Gasteiger partial charge on any atom is -0.489 e. The number of hydrogen-bond acceptors (Lipinski definition) is 3. The summed E-state index contributed by atoms with van der Waals surface area (Å²) in [7, 11) is 0. The molecule has 5 heteroatoms. The Labute approximate surface area is 154 Å². The van der Waals surface area contributed by atoms with Crippen LogP contribution in [0.1, 0.15) is 18.4 Å². The normalized spacial score (nSPS) is 11.0. The molecule has 0 fully saturated rings. The molecule has 2 aromatic carbocycles. The van der Waals surface area contributed by atoms with Crippen molar-refractivity contribution in [2.45, 2.75) is 19.3 Å². The second kappa shape index (κ2) is 11.1. The van der Waals surface area contributed by atoms with Gasteiger partial charge in [0.05, 0.1) is 0 Å². The number of aryl methyl sites for hydroxylation is 1. The molecule has 0 aliphatic carbocycles. The first-order valence-electron chi connectivity index (χ1n) is 8.64. The van der Waals surface area contributed by atoms with E-state index in [9.17, 15) is 4.39 Å². The van der Waals surface area contributed by atoms with Gasteiger partial charge in [-0.1, -0.05) is 35.9 Å². The van der Waals surface area contributed by atoms with E-state index in [0.717, 1.165) is 37.4 Å². The zero-order valence-corrected chi connectivity index (χ0v) is 15.1. The van der Waals surface area contributed by atoms with Gasteiger partial charge in [0.15, 0.2) is 11.6 Å². The van der Waals surface area contributed by atoms with Crippen LogP contribution in [0.5, 0.6) is 5.75 Å². The zero-order valence-electron chi connectivity index (χ0n) is 14.3. The van der Waals surface area contributed by atoms with Gasteiger partial charge in [-0.3, -0.25) is 4.90 Å². The van der Waals surface area contributed by atoms with Gasteiger partial charge < -0.3 is 9.84 Å². The van der Waals surface area contributed by atoms with Crippen LogP contribution in [-0.4, -0.2) is 42.9 Å². The van der Waals surface area contributed by atoms with Crippen molar-refractivity contribution in [3.63, 3.8) is 0 Å². The third kappa shape index (κ3) is 7.43. The first-order valence-corrected chi connectivity index (χ1v) is 9.02. The topological polar surface area (TPSA) is 32.7 Å². The minimum absolute atomic E-state index is 0.169. The Morgan fingerprint density at radius 3 is 2.40 bits per heavy atom. The highest BCUT2D eigenvalue weighted by molar-refractivity contribution is 6.30. The van der Waals surface area contributed by atoms with Crippen LogP contribution in [0.2, 0.25) is 5.02 Å². The third-order valence-electron chi connectivity index (χ3n) is 3.99. The standard InChI is InChI=1S/C20H25ClFNO2/c21-18-10-8-17(9-11-18)5-3-12-23(13-4-15-24)14-16-25-20-7-2-1-6-19(20)22/h1-2,6-11,24H,3-5,12-16H2. The second-order valence-corrected chi connectivity index (χ2v) is 6.36. The predicted octanol–water partition coefficient (Wildman–Crippen LogP) is 4.18. The fourth-order valence-corrected chi connectivity index (χ4v) is 2.76. The first kappa shape index (κ1) is 19.7. The molecule has 0 aliphatic rings. The summed E-state index contributed by atoms with van der Waals surface area (Å²) in [4.78, 5) is 2.24. The van der Waals surface area contributed by atoms with Crippen molar-refractivity contribution in [1.29, 1.82) is 0 Å². The number of aliphatic hydroxyl groups is 1. The molecule has 0 aromatic heterocycles. The molecular formula is C20H25ClFNO2. The lowest BCUT2D eigenvalue weighted by atomic mass is 10.1. The number of rotatable bonds is 11. The maximum Gasteiger partial charge on any atom is 0.165 e. The van der Waals surface area contributed by atoms with Crippen LogP contribution in [0, 0.1) is 5.82 Å². The van der Waals surface area contributed by atoms with E-state index in [4.69, 9.17) is 21.4 Å². The summed E-state index contributed by atoms with van der Waals surface area (Å²) in [6, 6.07) is 14.3. The Bertz CT molecular complexity index is 621. The molecule has 0 saturated heterocycles. The van der Waals surface area contributed by atoms with Crippen LogP contribution in [-0.2, 0) is 6.42 Å². The number of aliphatic hydroxyl groups excluding tert-OH is 1. The third-order valence-corrected chi connectivity index (χ3v) is 4.24. The summed E-state index contributed by atoms with van der Waals surface area (Å²) in [5.41, 5.74) is 1.26. The molecular weight excluding hydrogens is 341 g/mol. The van der Waals surface area contributed by atoms with Gasteiger partial charge >= 0.3 is 0 Å². The molecule has 2 rings (SSSR count). The summed E-state index contributed by atoms with van der Waals surface area (Å²) in [5, 5.41) is 9.81. The summed E-state index contributed by atoms with van der Waals surface area (Å²) in [6.07, 6.45) is 2.70. The van der Waals surface area contributed by atoms with Crippen molar-refractivity contribution < 1.29 is 14.2 Å².